The Morgan fingerprint density at radius 3 is 2.69 bits per heavy atom. The number of fused-ring (bicyclic) bond motifs is 2. The Balaban J connectivity index is 1.66. The van der Waals surface area contributed by atoms with Gasteiger partial charge in [-0.1, -0.05) is 17.7 Å². The molecule has 2 atom stereocenters. The molecule has 3 heterocycles. The number of nitrogens with one attached hydrogen (secondary N) is 1. The molecule has 0 amide bonds. The van der Waals surface area contributed by atoms with Crippen molar-refractivity contribution in [1.82, 2.24) is 14.8 Å². The molecule has 0 aliphatic carbocycles. The van der Waals surface area contributed by atoms with E-state index in [9.17, 15) is 9.90 Å². The molecule has 36 heavy (non-hydrogen) atoms. The van der Waals surface area contributed by atoms with Crippen LogP contribution >= 0.6 is 11.6 Å². The smallest absolute Gasteiger partial charge is 0.196 e. The number of hydrogen-bond acceptors (Lipinski definition) is 7. The van der Waals surface area contributed by atoms with E-state index in [2.05, 4.69) is 15.4 Å². The number of aliphatic hydroxyl groups excluding tert-OH is 1. The van der Waals surface area contributed by atoms with Gasteiger partial charge in [-0.05, 0) is 62.7 Å². The number of nitrogens with two attached hydrogens (primary N) is 1. The third kappa shape index (κ3) is 4.24. The highest BCUT2D eigenvalue weighted by Crippen LogP contribution is 2.34. The minimum atomic E-state index is -1.30. The number of halogens is 1. The van der Waals surface area contributed by atoms with E-state index in [0.29, 0.717) is 28.0 Å². The number of benzene rings is 2. The van der Waals surface area contributed by atoms with Gasteiger partial charge in [0, 0.05) is 35.3 Å². The molecule has 0 saturated heterocycles. The molecule has 0 saturated carbocycles. The van der Waals surface area contributed by atoms with Gasteiger partial charge in [-0.15, -0.1) is 0 Å². The van der Waals surface area contributed by atoms with E-state index in [1.54, 1.807) is 23.7 Å². The van der Waals surface area contributed by atoms with Crippen molar-refractivity contribution in [3.05, 3.63) is 86.4 Å². The molecule has 0 spiro atoms. The van der Waals surface area contributed by atoms with Crippen LogP contribution in [0.3, 0.4) is 0 Å². The number of aliphatic hydroxyl groups is 1. The number of hydrogen-bond donors (Lipinski definition) is 3. The summed E-state index contributed by atoms with van der Waals surface area (Å²) in [6.45, 7) is 5.66. The average Bonchev–Trinajstić information content (AvgIpc) is 3.21. The predicted octanol–water partition coefficient (Wildman–Crippen LogP) is 5.13. The van der Waals surface area contributed by atoms with Crippen molar-refractivity contribution in [2.24, 2.45) is 12.8 Å². The maximum Gasteiger partial charge on any atom is 0.196 e. The van der Waals surface area contributed by atoms with Crippen LogP contribution in [0.4, 0.5) is 5.69 Å². The number of nitrogens with zero attached hydrogens (tertiary/aromatic N) is 3. The molecule has 0 aliphatic rings. The molecule has 0 radical (unpaired) electrons. The first-order chi connectivity index (χ1) is 17.1. The maximum atomic E-state index is 13.5. The van der Waals surface area contributed by atoms with Gasteiger partial charge in [-0.3, -0.25) is 9.48 Å². The topological polar surface area (TPSA) is 119 Å². The maximum absolute atomic E-state index is 13.5. The van der Waals surface area contributed by atoms with Crippen molar-refractivity contribution in [3.8, 4) is 11.3 Å². The number of aryl methyl sites for hydroxylation is 2. The first-order valence-corrected chi connectivity index (χ1v) is 11.9. The molecule has 0 bridgehead atoms. The van der Waals surface area contributed by atoms with Crippen LogP contribution in [-0.2, 0) is 7.05 Å². The Morgan fingerprint density at radius 1 is 1.17 bits per heavy atom. The highest BCUT2D eigenvalue weighted by atomic mass is 35.5. The second kappa shape index (κ2) is 9.05. The van der Waals surface area contributed by atoms with Crippen molar-refractivity contribution in [2.45, 2.75) is 33.0 Å². The summed E-state index contributed by atoms with van der Waals surface area (Å²) >= 11 is 6.00. The highest BCUT2D eigenvalue weighted by Gasteiger charge is 2.21. The Hall–Kier alpha value is -3.72. The van der Waals surface area contributed by atoms with Gasteiger partial charge < -0.3 is 20.6 Å². The summed E-state index contributed by atoms with van der Waals surface area (Å²) in [6, 6.07) is 12.6. The van der Waals surface area contributed by atoms with Gasteiger partial charge in [0.2, 0.25) is 0 Å². The lowest BCUT2D eigenvalue weighted by atomic mass is 9.98. The highest BCUT2D eigenvalue weighted by molar-refractivity contribution is 6.29. The van der Waals surface area contributed by atoms with E-state index in [1.807, 2.05) is 57.4 Å². The molecule has 5 aromatic rings. The van der Waals surface area contributed by atoms with Crippen molar-refractivity contribution >= 4 is 39.2 Å². The second-order valence-electron chi connectivity index (χ2n) is 9.07. The van der Waals surface area contributed by atoms with Crippen LogP contribution in [0.1, 0.15) is 41.6 Å². The van der Waals surface area contributed by atoms with Crippen LogP contribution in [0, 0.1) is 13.8 Å². The normalized spacial score (nSPS) is 13.3. The molecule has 3 aromatic heterocycles. The number of anilines is 1. The quantitative estimate of drug-likeness (QED) is 0.224. The third-order valence-corrected chi connectivity index (χ3v) is 6.49. The minimum absolute atomic E-state index is 0.0825. The summed E-state index contributed by atoms with van der Waals surface area (Å²) in [7, 11) is 1.87. The van der Waals surface area contributed by atoms with Crippen molar-refractivity contribution in [2.75, 3.05) is 5.32 Å². The summed E-state index contributed by atoms with van der Waals surface area (Å²) in [5.41, 5.74) is 10.8. The molecule has 8 nitrogen and oxygen atoms in total. The van der Waals surface area contributed by atoms with Crippen LogP contribution in [0.2, 0.25) is 5.15 Å². The second-order valence-corrected chi connectivity index (χ2v) is 9.46. The van der Waals surface area contributed by atoms with Crippen LogP contribution in [0.5, 0.6) is 0 Å². The SMILES string of the molecule is Cc1cc(C(C)Nc2ccc(Cl)nc2C(N)O)c2oc(-c3ccc4nn(C)cc4c3)c(C)c(=O)c2c1. The summed E-state index contributed by atoms with van der Waals surface area (Å²) in [5.74, 6) is 0.516. The third-order valence-electron chi connectivity index (χ3n) is 6.28. The van der Waals surface area contributed by atoms with Gasteiger partial charge >= 0.3 is 0 Å². The van der Waals surface area contributed by atoms with Crippen molar-refractivity contribution in [1.29, 1.82) is 0 Å². The van der Waals surface area contributed by atoms with Gasteiger partial charge in [0.1, 0.15) is 28.4 Å². The Labute approximate surface area is 212 Å². The summed E-state index contributed by atoms with van der Waals surface area (Å²) in [5, 5.41) is 19.4. The zero-order valence-electron chi connectivity index (χ0n) is 20.3. The predicted molar refractivity (Wildman–Crippen MR) is 142 cm³/mol. The van der Waals surface area contributed by atoms with Crippen LogP contribution in [-0.4, -0.2) is 19.9 Å². The molecule has 184 valence electrons. The van der Waals surface area contributed by atoms with E-state index in [-0.39, 0.29) is 22.3 Å². The first-order valence-electron chi connectivity index (χ1n) is 11.5. The molecular weight excluding hydrogens is 478 g/mol. The number of aromatic nitrogens is 3. The van der Waals surface area contributed by atoms with E-state index in [4.69, 9.17) is 21.8 Å². The van der Waals surface area contributed by atoms with Gasteiger partial charge in [-0.25, -0.2) is 4.98 Å². The minimum Gasteiger partial charge on any atom is -0.455 e. The van der Waals surface area contributed by atoms with Crippen molar-refractivity contribution in [3.63, 3.8) is 0 Å². The lowest BCUT2D eigenvalue weighted by Crippen LogP contribution is -2.17. The monoisotopic (exact) mass is 503 g/mol. The molecule has 2 aromatic carbocycles. The van der Waals surface area contributed by atoms with Crippen LogP contribution in [0.25, 0.3) is 33.2 Å². The molecule has 0 fully saturated rings. The molecule has 2 unspecified atom stereocenters. The Morgan fingerprint density at radius 2 is 1.94 bits per heavy atom. The fourth-order valence-corrected chi connectivity index (χ4v) is 4.72. The lowest BCUT2D eigenvalue weighted by molar-refractivity contribution is 0.182. The molecule has 9 heteroatoms. The van der Waals surface area contributed by atoms with E-state index < -0.39 is 6.23 Å². The summed E-state index contributed by atoms with van der Waals surface area (Å²) in [6.07, 6.45) is 0.625. The van der Waals surface area contributed by atoms with E-state index >= 15 is 0 Å². The largest absolute Gasteiger partial charge is 0.455 e. The average molecular weight is 504 g/mol. The Bertz CT molecular complexity index is 1690. The van der Waals surface area contributed by atoms with Crippen molar-refractivity contribution < 1.29 is 9.52 Å². The molecule has 5 rings (SSSR count). The molecular formula is C27H26ClN5O3. The Kier molecular flexibility index (Phi) is 6.04. The first kappa shape index (κ1) is 24.0. The molecule has 4 N–H and O–H groups in total. The van der Waals surface area contributed by atoms with Gasteiger partial charge in [0.15, 0.2) is 5.43 Å². The zero-order chi connectivity index (χ0) is 25.7. The summed E-state index contributed by atoms with van der Waals surface area (Å²) < 4.78 is 8.23. The van der Waals surface area contributed by atoms with Gasteiger partial charge in [0.25, 0.3) is 0 Å². The number of pyridine rings is 1. The lowest BCUT2D eigenvalue weighted by Gasteiger charge is -2.21. The van der Waals surface area contributed by atoms with E-state index in [1.165, 1.54) is 0 Å². The fourth-order valence-electron chi connectivity index (χ4n) is 4.56. The zero-order valence-corrected chi connectivity index (χ0v) is 21.1. The number of rotatable bonds is 5. The van der Waals surface area contributed by atoms with Gasteiger partial charge in [0.05, 0.1) is 22.6 Å². The van der Waals surface area contributed by atoms with Crippen LogP contribution in [0.15, 0.2) is 57.9 Å². The molecule has 0 aliphatic heterocycles. The van der Waals surface area contributed by atoms with Crippen LogP contribution < -0.4 is 16.5 Å². The van der Waals surface area contributed by atoms with E-state index in [0.717, 1.165) is 27.6 Å². The standard InChI is InChI=1S/C27H26ClN5O3/c1-13-9-18(15(3)30-21-7-8-22(28)31-23(21)27(29)35)26-19(10-13)24(34)14(2)25(36-26)16-5-6-20-17(11-16)12-33(4)32-20/h5-12,15,27,30,35H,29H2,1-4H3. The van der Waals surface area contributed by atoms with Gasteiger partial charge in [-0.2, -0.15) is 5.10 Å². The summed E-state index contributed by atoms with van der Waals surface area (Å²) in [4.78, 5) is 17.6. The fraction of sp³-hybridized carbons (Fsp3) is 0.222.